The van der Waals surface area contributed by atoms with Crippen LogP contribution >= 0.6 is 0 Å². The van der Waals surface area contributed by atoms with E-state index in [0.717, 1.165) is 5.69 Å². The number of hydrogen-bond acceptors (Lipinski definition) is 1. The highest BCUT2D eigenvalue weighted by Crippen LogP contribution is 2.52. The van der Waals surface area contributed by atoms with Gasteiger partial charge in [-0.15, -0.1) is 0 Å². The van der Waals surface area contributed by atoms with Crippen molar-refractivity contribution in [3.05, 3.63) is 113 Å². The Kier molecular flexibility index (Phi) is 4.54. The summed E-state index contributed by atoms with van der Waals surface area (Å²) in [5, 5.41) is 2.58. The fraction of sp³-hybridized carbons (Fsp3) is 0.182. The van der Waals surface area contributed by atoms with Crippen molar-refractivity contribution in [1.29, 1.82) is 0 Å². The van der Waals surface area contributed by atoms with E-state index in [1.807, 2.05) is 6.20 Å². The molecule has 0 fully saturated rings. The molecule has 1 aliphatic rings. The first-order valence-electron chi connectivity index (χ1n) is 12.1. The average Bonchev–Trinajstić information content (AvgIpc) is 3.04. The maximum Gasteiger partial charge on any atom is 0.0749 e. The van der Waals surface area contributed by atoms with Crippen LogP contribution in [0.1, 0.15) is 41.7 Å². The van der Waals surface area contributed by atoms with E-state index in [1.165, 1.54) is 66.4 Å². The van der Waals surface area contributed by atoms with Gasteiger partial charge in [-0.3, -0.25) is 4.98 Å². The summed E-state index contributed by atoms with van der Waals surface area (Å²) in [5.74, 6) is 0. The Morgan fingerprint density at radius 1 is 0.647 bits per heavy atom. The van der Waals surface area contributed by atoms with Gasteiger partial charge in [-0.2, -0.15) is 0 Å². The van der Waals surface area contributed by atoms with Crippen LogP contribution in [0.25, 0.3) is 44.3 Å². The zero-order valence-electron chi connectivity index (χ0n) is 20.5. The Morgan fingerprint density at radius 2 is 1.32 bits per heavy atom. The van der Waals surface area contributed by atoms with E-state index in [1.54, 1.807) is 0 Å². The summed E-state index contributed by atoms with van der Waals surface area (Å²) in [5.41, 5.74) is 14.0. The highest BCUT2D eigenvalue weighted by atomic mass is 14.7. The van der Waals surface area contributed by atoms with Crippen molar-refractivity contribution in [1.82, 2.24) is 4.98 Å². The molecule has 1 aromatic heterocycles. The average molecular weight is 440 g/mol. The predicted octanol–water partition coefficient (Wildman–Crippen LogP) is 8.80. The lowest BCUT2D eigenvalue weighted by Gasteiger charge is -2.24. The van der Waals surface area contributed by atoms with Crippen molar-refractivity contribution >= 4 is 10.8 Å². The minimum Gasteiger partial charge on any atom is -0.256 e. The number of aromatic nitrogens is 1. The van der Waals surface area contributed by atoms with Crippen LogP contribution in [0.3, 0.4) is 0 Å². The second kappa shape index (κ2) is 7.40. The number of nitrogens with zero attached hydrogens (tertiary/aromatic N) is 1. The van der Waals surface area contributed by atoms with Gasteiger partial charge < -0.3 is 0 Å². The molecule has 0 spiro atoms. The van der Waals surface area contributed by atoms with Crippen molar-refractivity contribution in [2.45, 2.75) is 40.0 Å². The fourth-order valence-corrected chi connectivity index (χ4v) is 6.11. The molecule has 1 heteroatoms. The van der Waals surface area contributed by atoms with E-state index in [2.05, 4.69) is 113 Å². The SMILES string of the molecule is Cc1cc(C)c(-c2cccc(-c3nccc4c3C(C)(C)c3cc5ccccc5cc3-4)c2)c(C)c1. The maximum atomic E-state index is 4.96. The third kappa shape index (κ3) is 3.04. The Labute approximate surface area is 202 Å². The number of aryl methyl sites for hydroxylation is 3. The van der Waals surface area contributed by atoms with Crippen LogP contribution in [0.5, 0.6) is 0 Å². The van der Waals surface area contributed by atoms with E-state index >= 15 is 0 Å². The van der Waals surface area contributed by atoms with Crippen LogP contribution < -0.4 is 0 Å². The first-order valence-corrected chi connectivity index (χ1v) is 12.1. The minimum absolute atomic E-state index is 0.121. The summed E-state index contributed by atoms with van der Waals surface area (Å²) in [4.78, 5) is 4.96. The van der Waals surface area contributed by atoms with Crippen LogP contribution in [0.4, 0.5) is 0 Å². The smallest absolute Gasteiger partial charge is 0.0749 e. The van der Waals surface area contributed by atoms with E-state index in [-0.39, 0.29) is 5.41 Å². The van der Waals surface area contributed by atoms with Crippen LogP contribution in [0, 0.1) is 20.8 Å². The molecule has 1 nitrogen and oxygen atoms in total. The fourth-order valence-electron chi connectivity index (χ4n) is 6.11. The van der Waals surface area contributed by atoms with Gasteiger partial charge in [0.15, 0.2) is 0 Å². The monoisotopic (exact) mass is 439 g/mol. The quantitative estimate of drug-likeness (QED) is 0.268. The lowest BCUT2D eigenvalue weighted by molar-refractivity contribution is 0.660. The summed E-state index contributed by atoms with van der Waals surface area (Å²) >= 11 is 0. The van der Waals surface area contributed by atoms with Crippen molar-refractivity contribution < 1.29 is 0 Å². The first kappa shape index (κ1) is 20.9. The summed E-state index contributed by atoms with van der Waals surface area (Å²) in [6.45, 7) is 11.3. The van der Waals surface area contributed by atoms with Crippen LogP contribution in [-0.4, -0.2) is 4.98 Å². The lowest BCUT2D eigenvalue weighted by atomic mass is 9.80. The van der Waals surface area contributed by atoms with Crippen molar-refractivity contribution in [3.8, 4) is 33.5 Å². The second-order valence-electron chi connectivity index (χ2n) is 10.3. The van der Waals surface area contributed by atoms with Crippen LogP contribution in [0.15, 0.2) is 85.1 Å². The van der Waals surface area contributed by atoms with Gasteiger partial charge in [-0.25, -0.2) is 0 Å². The summed E-state index contributed by atoms with van der Waals surface area (Å²) in [6, 6.07) is 29.1. The van der Waals surface area contributed by atoms with Gasteiger partial charge >= 0.3 is 0 Å². The third-order valence-corrected chi connectivity index (χ3v) is 7.53. The Bertz CT molecular complexity index is 1580. The molecular weight excluding hydrogens is 410 g/mol. The molecule has 0 N–H and O–H groups in total. The van der Waals surface area contributed by atoms with E-state index < -0.39 is 0 Å². The molecule has 4 aromatic carbocycles. The predicted molar refractivity (Wildman–Crippen MR) is 144 cm³/mol. The van der Waals surface area contributed by atoms with E-state index in [0.29, 0.717) is 0 Å². The first-order chi connectivity index (χ1) is 16.3. The number of pyridine rings is 1. The molecule has 1 aliphatic carbocycles. The van der Waals surface area contributed by atoms with E-state index in [9.17, 15) is 0 Å². The molecule has 0 aliphatic heterocycles. The molecular formula is C33H29N. The molecule has 0 amide bonds. The van der Waals surface area contributed by atoms with Gasteiger partial charge in [0.25, 0.3) is 0 Å². The third-order valence-electron chi connectivity index (χ3n) is 7.53. The topological polar surface area (TPSA) is 12.9 Å². The molecule has 1 heterocycles. The molecule has 0 radical (unpaired) electrons. The maximum absolute atomic E-state index is 4.96. The Hall–Kier alpha value is -3.71. The zero-order chi connectivity index (χ0) is 23.6. The molecule has 0 unspecified atom stereocenters. The standard InChI is InChI=1S/C33H29N/c1-20-15-21(2)30(22(3)16-20)25-11-8-12-26(17-25)32-31-27(13-14-34-32)28-18-23-9-6-7-10-24(23)19-29(28)33(31,4)5/h6-19H,1-5H3. The van der Waals surface area contributed by atoms with E-state index in [4.69, 9.17) is 4.98 Å². The van der Waals surface area contributed by atoms with Gasteiger partial charge in [0, 0.05) is 17.2 Å². The summed E-state index contributed by atoms with van der Waals surface area (Å²) in [7, 11) is 0. The lowest BCUT2D eigenvalue weighted by Crippen LogP contribution is -2.17. The number of rotatable bonds is 2. The van der Waals surface area contributed by atoms with Gasteiger partial charge in [-0.05, 0) is 100 Å². The molecule has 0 saturated carbocycles. The van der Waals surface area contributed by atoms with Crippen LogP contribution in [-0.2, 0) is 5.41 Å². The largest absolute Gasteiger partial charge is 0.256 e. The van der Waals surface area contributed by atoms with Gasteiger partial charge in [0.2, 0.25) is 0 Å². The Morgan fingerprint density at radius 3 is 2.06 bits per heavy atom. The van der Waals surface area contributed by atoms with Gasteiger partial charge in [-0.1, -0.05) is 74.0 Å². The molecule has 166 valence electrons. The van der Waals surface area contributed by atoms with Crippen molar-refractivity contribution in [2.75, 3.05) is 0 Å². The van der Waals surface area contributed by atoms with Gasteiger partial charge in [0.1, 0.15) is 0 Å². The number of fused-ring (bicyclic) bond motifs is 4. The second-order valence-corrected chi connectivity index (χ2v) is 10.3. The number of hydrogen-bond donors (Lipinski definition) is 0. The minimum atomic E-state index is -0.121. The summed E-state index contributed by atoms with van der Waals surface area (Å²) < 4.78 is 0. The number of benzene rings is 4. The van der Waals surface area contributed by atoms with Gasteiger partial charge in [0.05, 0.1) is 5.69 Å². The summed E-state index contributed by atoms with van der Waals surface area (Å²) in [6.07, 6.45) is 1.98. The molecule has 0 atom stereocenters. The highest BCUT2D eigenvalue weighted by molar-refractivity contribution is 5.95. The van der Waals surface area contributed by atoms with Crippen molar-refractivity contribution in [3.63, 3.8) is 0 Å². The molecule has 34 heavy (non-hydrogen) atoms. The molecule has 0 bridgehead atoms. The molecule has 5 aromatic rings. The normalized spacial score (nSPS) is 13.7. The van der Waals surface area contributed by atoms with Crippen molar-refractivity contribution in [2.24, 2.45) is 0 Å². The Balaban J connectivity index is 1.56. The highest BCUT2D eigenvalue weighted by Gasteiger charge is 2.38. The van der Waals surface area contributed by atoms with Crippen LogP contribution in [0.2, 0.25) is 0 Å². The molecule has 6 rings (SSSR count). The molecule has 0 saturated heterocycles. The zero-order valence-corrected chi connectivity index (χ0v) is 20.5.